The number of benzene rings is 8. The van der Waals surface area contributed by atoms with E-state index in [4.69, 9.17) is 9.47 Å². The van der Waals surface area contributed by atoms with Gasteiger partial charge in [-0.15, -0.1) is 0 Å². The Kier molecular flexibility index (Phi) is 21.3. The SMILES string of the molecule is COC=P(c1ccccc1)(c1ccccc1)c1ccccc1.COC=P(c1ccccc1)(c1ccccc1)c1ccccc1.O=CC1CC12CCC1CC(c3ccc(F)c(F)c3)CCC1C2.O=CC1CCC2CC(c3ccc(F)c(F)c3)CCC2C1. The molecule has 13 rings (SSSR count). The summed E-state index contributed by atoms with van der Waals surface area (Å²) in [4.78, 5) is 21.9. The lowest BCUT2D eigenvalue weighted by molar-refractivity contribution is -0.113. The van der Waals surface area contributed by atoms with Crippen LogP contribution in [-0.2, 0) is 19.1 Å². The molecule has 0 amide bonds. The van der Waals surface area contributed by atoms with Gasteiger partial charge in [-0.25, -0.2) is 17.6 Å². The van der Waals surface area contributed by atoms with Gasteiger partial charge in [-0.2, -0.15) is 0 Å². The molecule has 9 atom stereocenters. The number of aldehydes is 2. The number of hydrogen-bond donors (Lipinski definition) is 0. The summed E-state index contributed by atoms with van der Waals surface area (Å²) in [6, 6.07) is 72.6. The van der Waals surface area contributed by atoms with Gasteiger partial charge in [0.25, 0.3) is 0 Å². The molecule has 0 N–H and O–H groups in total. The molecular formula is C76H80F4O4P2. The molecule has 5 fully saturated rings. The second-order valence-electron chi connectivity index (χ2n) is 24.3. The van der Waals surface area contributed by atoms with Crippen LogP contribution in [-0.4, -0.2) is 38.8 Å². The highest BCUT2D eigenvalue weighted by molar-refractivity contribution is 7.94. The van der Waals surface area contributed by atoms with Crippen LogP contribution in [0.1, 0.15) is 106 Å². The Hall–Kier alpha value is -6.66. The van der Waals surface area contributed by atoms with Crippen LogP contribution in [0.5, 0.6) is 0 Å². The Morgan fingerprint density at radius 1 is 0.384 bits per heavy atom. The summed E-state index contributed by atoms with van der Waals surface area (Å²) in [5, 5.41) is 7.80. The van der Waals surface area contributed by atoms with Gasteiger partial charge >= 0.3 is 0 Å². The minimum Gasteiger partial charge on any atom is -0.356 e. The average molecular weight is 1200 g/mol. The van der Waals surface area contributed by atoms with Crippen LogP contribution < -0.4 is 31.8 Å². The van der Waals surface area contributed by atoms with E-state index in [0.29, 0.717) is 40.9 Å². The number of methoxy groups -OCH3 is 2. The Morgan fingerprint density at radius 2 is 0.733 bits per heavy atom. The van der Waals surface area contributed by atoms with E-state index < -0.39 is 37.0 Å². The van der Waals surface area contributed by atoms with E-state index in [0.717, 1.165) is 87.4 Å². The molecular weight excluding hydrogens is 1110 g/mol. The van der Waals surface area contributed by atoms with E-state index in [-0.39, 0.29) is 5.92 Å². The Labute approximate surface area is 507 Å². The first-order chi connectivity index (χ1) is 42.0. The molecule has 8 aromatic carbocycles. The quantitative estimate of drug-likeness (QED) is 0.0695. The maximum absolute atomic E-state index is 13.5. The number of rotatable bonds is 12. The number of hydrogen-bond acceptors (Lipinski definition) is 4. The van der Waals surface area contributed by atoms with E-state index in [1.54, 1.807) is 26.4 Å². The lowest BCUT2D eigenvalue weighted by Gasteiger charge is -2.43. The zero-order valence-corrected chi connectivity index (χ0v) is 51.2. The molecule has 0 bridgehead atoms. The zero-order chi connectivity index (χ0) is 59.9. The Balaban J connectivity index is 0.000000127. The fourth-order valence-electron chi connectivity index (χ4n) is 14.9. The normalized spacial score (nSPS) is 23.8. The lowest BCUT2D eigenvalue weighted by Crippen LogP contribution is -2.32. The molecule has 10 heteroatoms. The topological polar surface area (TPSA) is 52.6 Å². The van der Waals surface area contributed by atoms with Crippen LogP contribution in [0.3, 0.4) is 0 Å². The highest BCUT2D eigenvalue weighted by Gasteiger charge is 2.57. The van der Waals surface area contributed by atoms with Crippen molar-refractivity contribution >= 4 is 70.1 Å². The largest absolute Gasteiger partial charge is 0.356 e. The summed E-state index contributed by atoms with van der Waals surface area (Å²) >= 11 is 0. The maximum Gasteiger partial charge on any atom is 0.159 e. The van der Waals surface area contributed by atoms with Crippen molar-refractivity contribution in [3.8, 4) is 0 Å². The van der Waals surface area contributed by atoms with E-state index in [2.05, 4.69) is 182 Å². The molecule has 0 saturated heterocycles. The van der Waals surface area contributed by atoms with Crippen molar-refractivity contribution in [2.45, 2.75) is 95.3 Å². The maximum atomic E-state index is 13.5. The van der Waals surface area contributed by atoms with Crippen LogP contribution in [0.2, 0.25) is 0 Å². The van der Waals surface area contributed by atoms with Gasteiger partial charge in [0, 0.05) is 38.0 Å². The zero-order valence-electron chi connectivity index (χ0n) is 49.4. The molecule has 1 spiro atoms. The van der Waals surface area contributed by atoms with Crippen molar-refractivity contribution in [1.29, 1.82) is 0 Å². The van der Waals surface area contributed by atoms with E-state index in [1.165, 1.54) is 81.8 Å². The fourth-order valence-corrected chi connectivity index (χ4v) is 21.9. The molecule has 86 heavy (non-hydrogen) atoms. The number of halogens is 4. The van der Waals surface area contributed by atoms with Gasteiger partial charge in [0.2, 0.25) is 0 Å². The van der Waals surface area contributed by atoms with Crippen LogP contribution in [0.4, 0.5) is 17.6 Å². The monoisotopic (exact) mass is 1190 g/mol. The van der Waals surface area contributed by atoms with Gasteiger partial charge < -0.3 is 19.1 Å². The predicted octanol–water partition coefficient (Wildman–Crippen LogP) is 16.1. The number of fused-ring (bicyclic) bond motifs is 2. The highest BCUT2D eigenvalue weighted by atomic mass is 31.2. The number of carbonyl (C=O) groups is 2. The summed E-state index contributed by atoms with van der Waals surface area (Å²) in [6.45, 7) is -3.80. The molecule has 0 heterocycles. The van der Waals surface area contributed by atoms with Gasteiger partial charge in [0.05, 0.1) is 0 Å². The van der Waals surface area contributed by atoms with Gasteiger partial charge in [0.1, 0.15) is 12.6 Å². The standard InChI is InChI=1S/2C20H19OP.C19H22F2O.C17H20F2O/c2*1-21-17-22(18-11-5-2-6-12-18,19-13-7-3-8-14-19)20-15-9-4-10-16-20;20-17-4-3-13(8-18(17)21)12-1-2-15-9-19(10-16(19)11-22)6-5-14(15)7-12;18-16-6-5-15(9-17(16)19)14-4-3-12-7-11(10-20)1-2-13(12)8-14/h2*2-17H,1H3;3-4,8,11-12,14-16H,1-2,5-7,9-10H2;5-6,9-14H,1-4,7-8H2. The summed E-state index contributed by atoms with van der Waals surface area (Å²) in [7, 11) is 3.48. The summed E-state index contributed by atoms with van der Waals surface area (Å²) < 4.78 is 64.1. The van der Waals surface area contributed by atoms with Gasteiger partial charge in [-0.3, -0.25) is 0 Å². The average Bonchev–Trinajstić information content (AvgIpc) is 1.57. The minimum atomic E-state index is -1.90. The molecule has 9 unspecified atom stereocenters. The molecule has 5 aliphatic carbocycles. The molecule has 5 aliphatic rings. The van der Waals surface area contributed by atoms with Crippen LogP contribution in [0.15, 0.2) is 218 Å². The van der Waals surface area contributed by atoms with E-state index in [1.807, 2.05) is 12.0 Å². The van der Waals surface area contributed by atoms with Crippen molar-refractivity contribution in [3.05, 3.63) is 253 Å². The number of carbonyl (C=O) groups excluding carboxylic acids is 2. The third kappa shape index (κ3) is 14.2. The molecule has 0 radical (unpaired) electrons. The van der Waals surface area contributed by atoms with Gasteiger partial charge in [-0.1, -0.05) is 194 Å². The van der Waals surface area contributed by atoms with E-state index in [9.17, 15) is 27.2 Å². The molecule has 8 aromatic rings. The second kappa shape index (κ2) is 29.4. The first-order valence-corrected chi connectivity index (χ1v) is 34.4. The van der Waals surface area contributed by atoms with Crippen molar-refractivity contribution in [2.24, 2.45) is 40.9 Å². The molecule has 0 aliphatic heterocycles. The summed E-state index contributed by atoms with van der Waals surface area (Å²) in [5.74, 6) is 5.09. The Bertz CT molecular complexity index is 3230. The molecule has 446 valence electrons. The first-order valence-electron chi connectivity index (χ1n) is 30.7. The summed E-state index contributed by atoms with van der Waals surface area (Å²) in [5.41, 5.74) is 2.23. The first kappa shape index (κ1) is 62.4. The minimum absolute atomic E-state index is 0.246. The lowest BCUT2D eigenvalue weighted by atomic mass is 9.62. The fraction of sp³-hybridized carbons (Fsp3) is 0.316. The number of ether oxygens (including phenoxy) is 2. The van der Waals surface area contributed by atoms with Gasteiger partial charge in [-0.05, 0) is 205 Å². The van der Waals surface area contributed by atoms with Crippen molar-refractivity contribution in [2.75, 3.05) is 14.2 Å². The smallest absolute Gasteiger partial charge is 0.159 e. The predicted molar refractivity (Wildman–Crippen MR) is 350 cm³/mol. The molecule has 4 nitrogen and oxygen atoms in total. The van der Waals surface area contributed by atoms with Crippen molar-refractivity contribution < 1.29 is 36.6 Å². The highest BCUT2D eigenvalue weighted by Crippen LogP contribution is 2.65. The Morgan fingerprint density at radius 3 is 1.07 bits per heavy atom. The summed E-state index contributed by atoms with van der Waals surface area (Å²) in [6.07, 6.45) is 16.6. The van der Waals surface area contributed by atoms with Crippen LogP contribution in [0.25, 0.3) is 0 Å². The van der Waals surface area contributed by atoms with Crippen molar-refractivity contribution in [3.63, 3.8) is 0 Å². The van der Waals surface area contributed by atoms with E-state index >= 15 is 0 Å². The van der Waals surface area contributed by atoms with Crippen LogP contribution >= 0.6 is 13.8 Å². The van der Waals surface area contributed by atoms with Crippen molar-refractivity contribution in [1.82, 2.24) is 0 Å². The third-order valence-electron chi connectivity index (χ3n) is 19.4. The van der Waals surface area contributed by atoms with Gasteiger partial charge in [0.15, 0.2) is 23.3 Å². The van der Waals surface area contributed by atoms with Crippen LogP contribution in [0, 0.1) is 64.2 Å². The third-order valence-corrected chi connectivity index (χ3v) is 27.2. The molecule has 5 saturated carbocycles. The molecule has 0 aromatic heterocycles. The second-order valence-corrected chi connectivity index (χ2v) is 30.7.